The maximum atomic E-state index is 11.8. The fraction of sp³-hybridized carbons (Fsp3) is 0.375. The summed E-state index contributed by atoms with van der Waals surface area (Å²) in [4.78, 5) is 10.5. The number of rotatable bonds is 5. The number of aliphatic hydroxyl groups excluding tert-OH is 1. The number of carboxylic acid groups (broad SMARTS) is 1. The number of hydrogen-bond donors (Lipinski definition) is 3. The highest BCUT2D eigenvalue weighted by Gasteiger charge is 2.23. The van der Waals surface area contributed by atoms with E-state index in [0.717, 1.165) is 17.4 Å². The molecule has 1 atom stereocenters. The van der Waals surface area contributed by atoms with Gasteiger partial charge in [0.05, 0.1) is 9.89 Å². The monoisotopic (exact) mass is 343 g/mol. The standard InChI is InChI=1S/C8H10BrNO5S2/c1-4(11)3-10-17(14,15)6-2-5(8(12)13)16-7(6)9/h2,4,10-11H,3H2,1H3,(H,12,13). The number of aliphatic hydroxyl groups is 1. The predicted octanol–water partition coefficient (Wildman–Crippen LogP) is 0.868. The van der Waals surface area contributed by atoms with Crippen molar-refractivity contribution >= 4 is 43.3 Å². The van der Waals surface area contributed by atoms with Crippen molar-refractivity contribution in [1.82, 2.24) is 4.72 Å². The molecule has 1 rings (SSSR count). The van der Waals surface area contributed by atoms with E-state index in [4.69, 9.17) is 10.2 Å². The average molecular weight is 344 g/mol. The van der Waals surface area contributed by atoms with Crippen molar-refractivity contribution in [2.75, 3.05) is 6.54 Å². The van der Waals surface area contributed by atoms with Crippen LogP contribution in [0.1, 0.15) is 16.6 Å². The molecular formula is C8H10BrNO5S2. The van der Waals surface area contributed by atoms with E-state index in [0.29, 0.717) is 0 Å². The fourth-order valence-electron chi connectivity index (χ4n) is 0.949. The van der Waals surface area contributed by atoms with E-state index in [1.807, 2.05) is 0 Å². The smallest absolute Gasteiger partial charge is 0.345 e. The van der Waals surface area contributed by atoms with Crippen molar-refractivity contribution < 1.29 is 23.4 Å². The number of nitrogens with one attached hydrogen (secondary N) is 1. The summed E-state index contributed by atoms with van der Waals surface area (Å²) in [7, 11) is -3.81. The lowest BCUT2D eigenvalue weighted by Gasteiger charge is -2.07. The van der Waals surface area contributed by atoms with Crippen molar-refractivity contribution in [3.8, 4) is 0 Å². The summed E-state index contributed by atoms with van der Waals surface area (Å²) in [5.41, 5.74) is 0. The highest BCUT2D eigenvalue weighted by molar-refractivity contribution is 9.11. The van der Waals surface area contributed by atoms with Gasteiger partial charge in [0.15, 0.2) is 0 Å². The van der Waals surface area contributed by atoms with E-state index < -0.39 is 22.1 Å². The first-order valence-electron chi connectivity index (χ1n) is 4.44. The lowest BCUT2D eigenvalue weighted by Crippen LogP contribution is -2.30. The molecule has 0 fully saturated rings. The molecule has 0 bridgehead atoms. The summed E-state index contributed by atoms with van der Waals surface area (Å²) >= 11 is 3.82. The Balaban J connectivity index is 3.03. The van der Waals surface area contributed by atoms with Gasteiger partial charge in [0.25, 0.3) is 0 Å². The second-order valence-corrected chi connectivity index (χ2v) is 7.36. The Morgan fingerprint density at radius 1 is 1.65 bits per heavy atom. The molecule has 1 aromatic rings. The molecule has 0 amide bonds. The van der Waals surface area contributed by atoms with E-state index in [-0.39, 0.29) is 20.1 Å². The van der Waals surface area contributed by atoms with E-state index >= 15 is 0 Å². The summed E-state index contributed by atoms with van der Waals surface area (Å²) in [6.07, 6.45) is -0.818. The van der Waals surface area contributed by atoms with Gasteiger partial charge in [-0.05, 0) is 28.9 Å². The van der Waals surface area contributed by atoms with Crippen LogP contribution in [0.2, 0.25) is 0 Å². The van der Waals surface area contributed by atoms with Gasteiger partial charge in [0.2, 0.25) is 10.0 Å². The molecule has 0 spiro atoms. The van der Waals surface area contributed by atoms with Crippen LogP contribution in [-0.2, 0) is 10.0 Å². The van der Waals surface area contributed by atoms with Crippen LogP contribution in [0.3, 0.4) is 0 Å². The van der Waals surface area contributed by atoms with Crippen molar-refractivity contribution in [2.45, 2.75) is 17.9 Å². The summed E-state index contributed by atoms with van der Waals surface area (Å²) < 4.78 is 25.9. The summed E-state index contributed by atoms with van der Waals surface area (Å²) in [6.45, 7) is 1.31. The van der Waals surface area contributed by atoms with E-state index in [1.54, 1.807) is 0 Å². The van der Waals surface area contributed by atoms with Crippen LogP contribution >= 0.6 is 27.3 Å². The molecule has 6 nitrogen and oxygen atoms in total. The quantitative estimate of drug-likeness (QED) is 0.735. The van der Waals surface area contributed by atoms with Crippen LogP contribution in [0.15, 0.2) is 14.7 Å². The Labute approximate surface area is 110 Å². The maximum Gasteiger partial charge on any atom is 0.345 e. The highest BCUT2D eigenvalue weighted by atomic mass is 79.9. The van der Waals surface area contributed by atoms with Crippen molar-refractivity contribution in [1.29, 1.82) is 0 Å². The fourth-order valence-corrected chi connectivity index (χ4v) is 4.47. The molecule has 0 aliphatic heterocycles. The van der Waals surface area contributed by atoms with Gasteiger partial charge in [-0.15, -0.1) is 11.3 Å². The largest absolute Gasteiger partial charge is 0.477 e. The molecule has 0 saturated heterocycles. The molecule has 1 unspecified atom stereocenters. The van der Waals surface area contributed by atoms with Crippen molar-refractivity contribution in [2.24, 2.45) is 0 Å². The molecule has 1 heterocycles. The number of aromatic carboxylic acids is 1. The lowest BCUT2D eigenvalue weighted by molar-refractivity contribution is 0.0702. The van der Waals surface area contributed by atoms with Gasteiger partial charge >= 0.3 is 5.97 Å². The molecule has 3 N–H and O–H groups in total. The normalized spacial score (nSPS) is 13.6. The van der Waals surface area contributed by atoms with Gasteiger partial charge in [-0.1, -0.05) is 0 Å². The van der Waals surface area contributed by atoms with Crippen LogP contribution in [0.25, 0.3) is 0 Å². The van der Waals surface area contributed by atoms with Gasteiger partial charge in [0.1, 0.15) is 9.77 Å². The Kier molecular flexibility index (Phi) is 4.67. The summed E-state index contributed by atoms with van der Waals surface area (Å²) in [6, 6.07) is 1.07. The topological polar surface area (TPSA) is 104 Å². The Morgan fingerprint density at radius 2 is 2.24 bits per heavy atom. The number of carboxylic acids is 1. The van der Waals surface area contributed by atoms with Crippen molar-refractivity contribution in [3.63, 3.8) is 0 Å². The Bertz CT molecular complexity index is 522. The third-order valence-electron chi connectivity index (χ3n) is 1.72. The van der Waals surface area contributed by atoms with Gasteiger partial charge in [-0.2, -0.15) is 0 Å². The SMILES string of the molecule is CC(O)CNS(=O)(=O)c1cc(C(=O)O)sc1Br. The minimum absolute atomic E-state index is 0.0747. The molecule has 9 heteroatoms. The van der Waals surface area contributed by atoms with Gasteiger partial charge in [-0.3, -0.25) is 0 Å². The molecule has 17 heavy (non-hydrogen) atoms. The van der Waals surface area contributed by atoms with E-state index in [9.17, 15) is 13.2 Å². The average Bonchev–Trinajstić information content (AvgIpc) is 2.58. The summed E-state index contributed by atoms with van der Waals surface area (Å²) in [5, 5.41) is 17.7. The third-order valence-corrected chi connectivity index (χ3v) is 5.39. The molecule has 0 aromatic carbocycles. The number of thiophene rings is 1. The van der Waals surface area contributed by atoms with Crippen LogP contribution in [0.5, 0.6) is 0 Å². The number of halogens is 1. The minimum Gasteiger partial charge on any atom is -0.477 e. The zero-order valence-corrected chi connectivity index (χ0v) is 11.9. The number of carbonyl (C=O) groups is 1. The maximum absolute atomic E-state index is 11.8. The Morgan fingerprint density at radius 3 is 2.65 bits per heavy atom. The zero-order chi connectivity index (χ0) is 13.2. The predicted molar refractivity (Wildman–Crippen MR) is 65.8 cm³/mol. The minimum atomic E-state index is -3.81. The second-order valence-electron chi connectivity index (χ2n) is 3.25. The first-order chi connectivity index (χ1) is 7.74. The molecule has 0 aliphatic carbocycles. The molecule has 0 saturated carbocycles. The van der Waals surface area contributed by atoms with E-state index in [2.05, 4.69) is 20.7 Å². The van der Waals surface area contributed by atoms with Gasteiger partial charge in [0, 0.05) is 6.54 Å². The van der Waals surface area contributed by atoms with Crippen LogP contribution < -0.4 is 4.72 Å². The van der Waals surface area contributed by atoms with E-state index in [1.165, 1.54) is 6.92 Å². The third kappa shape index (κ3) is 3.75. The summed E-state index contributed by atoms with van der Waals surface area (Å²) in [5.74, 6) is -1.19. The lowest BCUT2D eigenvalue weighted by atomic mass is 10.4. The van der Waals surface area contributed by atoms with Crippen LogP contribution in [-0.4, -0.2) is 37.2 Å². The van der Waals surface area contributed by atoms with Crippen molar-refractivity contribution in [3.05, 3.63) is 14.7 Å². The number of hydrogen-bond acceptors (Lipinski definition) is 5. The first-order valence-corrected chi connectivity index (χ1v) is 7.53. The molecule has 96 valence electrons. The zero-order valence-electron chi connectivity index (χ0n) is 8.68. The Hall–Kier alpha value is -0.480. The van der Waals surface area contributed by atoms with Gasteiger partial charge < -0.3 is 10.2 Å². The second kappa shape index (κ2) is 5.44. The first kappa shape index (κ1) is 14.6. The van der Waals surface area contributed by atoms with Gasteiger partial charge in [-0.25, -0.2) is 17.9 Å². The van der Waals surface area contributed by atoms with Crippen LogP contribution in [0.4, 0.5) is 0 Å². The molecule has 0 aliphatic rings. The highest BCUT2D eigenvalue weighted by Crippen LogP contribution is 2.31. The molecular weight excluding hydrogens is 334 g/mol. The van der Waals surface area contributed by atoms with Crippen LogP contribution in [0, 0.1) is 0 Å². The molecule has 0 radical (unpaired) electrons. The molecule has 1 aromatic heterocycles. The number of sulfonamides is 1.